The second-order valence-corrected chi connectivity index (χ2v) is 4.95. The summed E-state index contributed by atoms with van der Waals surface area (Å²) in [4.78, 5) is 13.9. The molecule has 3 N–H and O–H groups in total. The lowest BCUT2D eigenvalue weighted by Crippen LogP contribution is -2.37. The van der Waals surface area contributed by atoms with Crippen molar-refractivity contribution in [2.75, 3.05) is 26.8 Å². The Morgan fingerprint density at radius 3 is 2.62 bits per heavy atom. The number of benzene rings is 1. The molecular weight excluding hydrogens is 294 g/mol. The molecule has 1 aromatic rings. The molecule has 1 aromatic carbocycles. The molecule has 0 bridgehead atoms. The van der Waals surface area contributed by atoms with Crippen LogP contribution in [0.4, 0.5) is 0 Å². The van der Waals surface area contributed by atoms with Crippen LogP contribution in [-0.4, -0.2) is 48.7 Å². The minimum absolute atomic E-state index is 0.0416. The van der Waals surface area contributed by atoms with Crippen LogP contribution in [0, 0.1) is 0 Å². The smallest absolute Gasteiger partial charge is 0.227 e. The topological polar surface area (TPSA) is 88.2 Å². The van der Waals surface area contributed by atoms with E-state index < -0.39 is 0 Å². The highest BCUT2D eigenvalue weighted by Crippen LogP contribution is 2.11. The number of hydrogen-bond donors (Lipinski definition) is 2. The summed E-state index contributed by atoms with van der Waals surface area (Å²) in [6.07, 6.45) is 0.587. The molecule has 0 aliphatic heterocycles. The fourth-order valence-corrected chi connectivity index (χ4v) is 1.88. The maximum absolute atomic E-state index is 12.3. The van der Waals surface area contributed by atoms with Gasteiger partial charge in [-0.2, -0.15) is 0 Å². The van der Waals surface area contributed by atoms with Crippen LogP contribution in [0.5, 0.6) is 0 Å². The first kappa shape index (κ1) is 17.3. The highest BCUT2D eigenvalue weighted by molar-refractivity contribution is 6.30. The second kappa shape index (κ2) is 9.20. The van der Waals surface area contributed by atoms with Crippen molar-refractivity contribution in [2.45, 2.75) is 12.8 Å². The number of oxime groups is 1. The first-order chi connectivity index (χ1) is 10.1. The SMILES string of the molecule is COCCN(CCC(N)=NO)C(=O)Cc1ccc(Cl)cc1. The van der Waals surface area contributed by atoms with E-state index in [2.05, 4.69) is 5.16 Å². The summed E-state index contributed by atoms with van der Waals surface area (Å²) < 4.78 is 5.00. The van der Waals surface area contributed by atoms with Gasteiger partial charge in [-0.3, -0.25) is 4.79 Å². The van der Waals surface area contributed by atoms with Crippen LogP contribution in [-0.2, 0) is 16.0 Å². The van der Waals surface area contributed by atoms with Gasteiger partial charge in [0.25, 0.3) is 0 Å². The Balaban J connectivity index is 2.63. The largest absolute Gasteiger partial charge is 0.409 e. The van der Waals surface area contributed by atoms with Gasteiger partial charge >= 0.3 is 0 Å². The minimum atomic E-state index is -0.0416. The van der Waals surface area contributed by atoms with Gasteiger partial charge in [-0.25, -0.2) is 0 Å². The lowest BCUT2D eigenvalue weighted by atomic mass is 10.1. The zero-order chi connectivity index (χ0) is 15.7. The number of hydrogen-bond acceptors (Lipinski definition) is 4. The van der Waals surface area contributed by atoms with Gasteiger partial charge in [-0.05, 0) is 17.7 Å². The molecule has 0 radical (unpaired) electrons. The Morgan fingerprint density at radius 1 is 1.38 bits per heavy atom. The second-order valence-electron chi connectivity index (χ2n) is 4.52. The predicted molar refractivity (Wildman–Crippen MR) is 81.6 cm³/mol. The van der Waals surface area contributed by atoms with E-state index in [-0.39, 0.29) is 18.2 Å². The summed E-state index contributed by atoms with van der Waals surface area (Å²) in [5.74, 6) is 0.0526. The van der Waals surface area contributed by atoms with Crippen molar-refractivity contribution in [2.24, 2.45) is 10.9 Å². The van der Waals surface area contributed by atoms with E-state index in [1.807, 2.05) is 12.1 Å². The number of amides is 1. The molecular formula is C14H20ClN3O3. The van der Waals surface area contributed by atoms with Crippen molar-refractivity contribution >= 4 is 23.3 Å². The van der Waals surface area contributed by atoms with Crippen molar-refractivity contribution in [3.8, 4) is 0 Å². The number of halogens is 1. The molecule has 1 rings (SSSR count). The minimum Gasteiger partial charge on any atom is -0.409 e. The van der Waals surface area contributed by atoms with Crippen molar-refractivity contribution in [1.82, 2.24) is 4.90 Å². The van der Waals surface area contributed by atoms with Gasteiger partial charge in [0.15, 0.2) is 0 Å². The van der Waals surface area contributed by atoms with E-state index in [0.717, 1.165) is 5.56 Å². The van der Waals surface area contributed by atoms with Crippen LogP contribution in [0.25, 0.3) is 0 Å². The van der Waals surface area contributed by atoms with Crippen LogP contribution in [0.15, 0.2) is 29.4 Å². The number of rotatable bonds is 8. The number of carbonyl (C=O) groups excluding carboxylic acids is 1. The number of ether oxygens (including phenoxy) is 1. The monoisotopic (exact) mass is 313 g/mol. The fraction of sp³-hybridized carbons (Fsp3) is 0.429. The van der Waals surface area contributed by atoms with Crippen molar-refractivity contribution < 1.29 is 14.7 Å². The number of carbonyl (C=O) groups is 1. The molecule has 0 spiro atoms. The van der Waals surface area contributed by atoms with Crippen molar-refractivity contribution in [1.29, 1.82) is 0 Å². The Morgan fingerprint density at radius 2 is 2.05 bits per heavy atom. The molecule has 6 nitrogen and oxygen atoms in total. The molecule has 0 aromatic heterocycles. The fourth-order valence-electron chi connectivity index (χ4n) is 1.75. The summed E-state index contributed by atoms with van der Waals surface area (Å²) in [7, 11) is 1.57. The Bertz CT molecular complexity index is 477. The van der Waals surface area contributed by atoms with E-state index in [1.54, 1.807) is 24.1 Å². The first-order valence-electron chi connectivity index (χ1n) is 6.54. The maximum Gasteiger partial charge on any atom is 0.227 e. The average molecular weight is 314 g/mol. The molecule has 116 valence electrons. The summed E-state index contributed by atoms with van der Waals surface area (Å²) in [5.41, 5.74) is 6.32. The predicted octanol–water partition coefficient (Wildman–Crippen LogP) is 1.49. The van der Waals surface area contributed by atoms with E-state index in [1.165, 1.54) is 0 Å². The third-order valence-corrected chi connectivity index (χ3v) is 3.20. The molecule has 7 heteroatoms. The standard InChI is InChI=1S/C14H20ClN3O3/c1-21-9-8-18(7-6-13(16)17-20)14(19)10-11-2-4-12(15)5-3-11/h2-5,20H,6-10H2,1H3,(H2,16,17). The quantitative estimate of drug-likeness (QED) is 0.329. The van der Waals surface area contributed by atoms with Gasteiger partial charge in [-0.15, -0.1) is 0 Å². The van der Waals surface area contributed by atoms with Gasteiger partial charge in [0.1, 0.15) is 5.84 Å². The van der Waals surface area contributed by atoms with Crippen LogP contribution < -0.4 is 5.73 Å². The zero-order valence-electron chi connectivity index (χ0n) is 12.0. The first-order valence-corrected chi connectivity index (χ1v) is 6.92. The number of methoxy groups -OCH3 is 1. The molecule has 0 unspecified atom stereocenters. The molecule has 0 aliphatic rings. The number of amidine groups is 1. The molecule has 0 heterocycles. The molecule has 1 amide bonds. The van der Waals surface area contributed by atoms with Gasteiger partial charge < -0.3 is 20.6 Å². The third kappa shape index (κ3) is 6.46. The molecule has 0 saturated carbocycles. The average Bonchev–Trinajstić information content (AvgIpc) is 2.49. The van der Waals surface area contributed by atoms with Crippen molar-refractivity contribution in [3.05, 3.63) is 34.9 Å². The normalized spacial score (nSPS) is 11.4. The molecule has 0 aliphatic carbocycles. The summed E-state index contributed by atoms with van der Waals surface area (Å²) >= 11 is 5.82. The summed E-state index contributed by atoms with van der Waals surface area (Å²) in [6.45, 7) is 1.27. The number of nitrogens with zero attached hydrogens (tertiary/aromatic N) is 2. The Labute approximate surface area is 129 Å². The van der Waals surface area contributed by atoms with Crippen molar-refractivity contribution in [3.63, 3.8) is 0 Å². The van der Waals surface area contributed by atoms with E-state index in [0.29, 0.717) is 31.1 Å². The third-order valence-electron chi connectivity index (χ3n) is 2.95. The Kier molecular flexibility index (Phi) is 7.56. The van der Waals surface area contributed by atoms with Crippen LogP contribution >= 0.6 is 11.6 Å². The van der Waals surface area contributed by atoms with E-state index in [4.69, 9.17) is 27.3 Å². The van der Waals surface area contributed by atoms with Crippen LogP contribution in [0.2, 0.25) is 5.02 Å². The van der Waals surface area contributed by atoms with Gasteiger partial charge in [-0.1, -0.05) is 28.9 Å². The summed E-state index contributed by atoms with van der Waals surface area (Å²) in [6, 6.07) is 7.14. The lowest BCUT2D eigenvalue weighted by Gasteiger charge is -2.22. The Hall–Kier alpha value is -1.79. The maximum atomic E-state index is 12.3. The highest BCUT2D eigenvalue weighted by Gasteiger charge is 2.14. The highest BCUT2D eigenvalue weighted by atomic mass is 35.5. The van der Waals surface area contributed by atoms with E-state index in [9.17, 15) is 4.79 Å². The molecule has 0 atom stereocenters. The summed E-state index contributed by atoms with van der Waals surface area (Å²) in [5, 5.41) is 12.1. The molecule has 0 saturated heterocycles. The van der Waals surface area contributed by atoms with Gasteiger partial charge in [0, 0.05) is 31.6 Å². The van der Waals surface area contributed by atoms with Crippen LogP contribution in [0.3, 0.4) is 0 Å². The molecule has 21 heavy (non-hydrogen) atoms. The van der Waals surface area contributed by atoms with E-state index >= 15 is 0 Å². The number of nitrogens with two attached hydrogens (primary N) is 1. The van der Waals surface area contributed by atoms with Gasteiger partial charge in [0.2, 0.25) is 5.91 Å². The lowest BCUT2D eigenvalue weighted by molar-refractivity contribution is -0.131. The van der Waals surface area contributed by atoms with Gasteiger partial charge in [0.05, 0.1) is 13.0 Å². The van der Waals surface area contributed by atoms with Crippen LogP contribution in [0.1, 0.15) is 12.0 Å². The molecule has 0 fully saturated rings. The zero-order valence-corrected chi connectivity index (χ0v) is 12.7.